The van der Waals surface area contributed by atoms with Crippen LogP contribution in [0.25, 0.3) is 0 Å². The van der Waals surface area contributed by atoms with Gasteiger partial charge in [0.2, 0.25) is 20.9 Å². The molecule has 0 bridgehead atoms. The Balaban J connectivity index is 1.48. The van der Waals surface area contributed by atoms with Gasteiger partial charge in [0.25, 0.3) is 0 Å². The molecular weight excluding hydrogens is 386 g/mol. The summed E-state index contributed by atoms with van der Waals surface area (Å²) in [4.78, 5) is 4.29. The molecule has 1 aromatic heterocycles. The number of H-pyrrole nitrogens is 1. The van der Waals surface area contributed by atoms with Gasteiger partial charge in [-0.25, -0.2) is 13.5 Å². The normalized spacial score (nSPS) is 15.0. The topological polar surface area (TPSA) is 112 Å². The van der Waals surface area contributed by atoms with Crippen LogP contribution in [0.1, 0.15) is 40.7 Å². The number of fused-ring (bicyclic) bond motifs is 2. The van der Waals surface area contributed by atoms with Gasteiger partial charge in [0.15, 0.2) is 0 Å². The number of aromatic amines is 1. The number of aromatic nitrogens is 3. The number of nitrogens with one attached hydrogen (secondary N) is 2. The lowest BCUT2D eigenvalue weighted by Gasteiger charge is -2.15. The van der Waals surface area contributed by atoms with Gasteiger partial charge in [-0.15, -0.1) is 5.10 Å². The van der Waals surface area contributed by atoms with Crippen molar-refractivity contribution < 1.29 is 8.42 Å². The van der Waals surface area contributed by atoms with E-state index in [-0.39, 0.29) is 16.0 Å². The van der Waals surface area contributed by atoms with Crippen molar-refractivity contribution in [3.05, 3.63) is 58.1 Å². The van der Waals surface area contributed by atoms with Crippen LogP contribution in [0.3, 0.4) is 0 Å². The SMILES string of the molecule is N#Cc1ccc(S(=O)(=O)c2nc(Nc3c4c(cc5c3CCC5)CCC4)n[nH]2)cc1. The first-order valence-electron chi connectivity index (χ1n) is 9.67. The first-order chi connectivity index (χ1) is 14.1. The predicted molar refractivity (Wildman–Crippen MR) is 107 cm³/mol. The van der Waals surface area contributed by atoms with Gasteiger partial charge < -0.3 is 5.32 Å². The lowest BCUT2D eigenvalue weighted by atomic mass is 9.99. The molecule has 0 spiro atoms. The molecule has 5 rings (SSSR count). The maximum absolute atomic E-state index is 12.8. The Morgan fingerprint density at radius 2 is 1.66 bits per heavy atom. The summed E-state index contributed by atoms with van der Waals surface area (Å²) in [5, 5.41) is 18.6. The number of anilines is 2. The number of aryl methyl sites for hydroxylation is 2. The third kappa shape index (κ3) is 2.98. The molecular formula is C21H19N5O2S. The molecule has 1 heterocycles. The van der Waals surface area contributed by atoms with Crippen LogP contribution in [-0.4, -0.2) is 23.6 Å². The minimum absolute atomic E-state index is 0.0701. The molecule has 0 saturated heterocycles. The van der Waals surface area contributed by atoms with Crippen molar-refractivity contribution in [2.45, 2.75) is 48.6 Å². The van der Waals surface area contributed by atoms with Crippen LogP contribution in [0.2, 0.25) is 0 Å². The Labute approximate surface area is 168 Å². The minimum Gasteiger partial charge on any atom is -0.322 e. The van der Waals surface area contributed by atoms with E-state index in [1.807, 2.05) is 6.07 Å². The molecule has 0 fully saturated rings. The lowest BCUT2D eigenvalue weighted by Crippen LogP contribution is -2.05. The molecule has 8 heteroatoms. The second kappa shape index (κ2) is 6.71. The smallest absolute Gasteiger partial charge is 0.249 e. The summed E-state index contributed by atoms with van der Waals surface area (Å²) in [5.41, 5.74) is 6.85. The first-order valence-corrected chi connectivity index (χ1v) is 11.2. The van der Waals surface area contributed by atoms with Gasteiger partial charge in [-0.05, 0) is 85.0 Å². The third-order valence-corrected chi connectivity index (χ3v) is 7.31. The van der Waals surface area contributed by atoms with E-state index >= 15 is 0 Å². The van der Waals surface area contributed by atoms with E-state index in [1.165, 1.54) is 46.5 Å². The van der Waals surface area contributed by atoms with Crippen molar-refractivity contribution >= 4 is 21.5 Å². The van der Waals surface area contributed by atoms with Crippen LogP contribution in [0.4, 0.5) is 11.6 Å². The van der Waals surface area contributed by atoms with Gasteiger partial charge in [-0.3, -0.25) is 0 Å². The molecule has 0 saturated carbocycles. The van der Waals surface area contributed by atoms with Gasteiger partial charge in [-0.2, -0.15) is 10.2 Å². The molecule has 2 aromatic carbocycles. The number of rotatable bonds is 4. The molecule has 2 N–H and O–H groups in total. The molecule has 2 aliphatic rings. The Morgan fingerprint density at radius 1 is 1.00 bits per heavy atom. The van der Waals surface area contributed by atoms with Crippen molar-refractivity contribution in [3.63, 3.8) is 0 Å². The van der Waals surface area contributed by atoms with Crippen molar-refractivity contribution in [3.8, 4) is 6.07 Å². The zero-order chi connectivity index (χ0) is 20.0. The van der Waals surface area contributed by atoms with Crippen LogP contribution in [0, 0.1) is 11.3 Å². The molecule has 0 radical (unpaired) electrons. The molecule has 0 aliphatic heterocycles. The number of hydrogen-bond acceptors (Lipinski definition) is 6. The summed E-state index contributed by atoms with van der Waals surface area (Å²) in [7, 11) is -3.84. The van der Waals surface area contributed by atoms with Gasteiger partial charge >= 0.3 is 0 Å². The quantitative estimate of drug-likeness (QED) is 0.689. The molecule has 0 unspecified atom stereocenters. The van der Waals surface area contributed by atoms with E-state index in [0.717, 1.165) is 44.2 Å². The Morgan fingerprint density at radius 3 is 2.28 bits per heavy atom. The van der Waals surface area contributed by atoms with Crippen molar-refractivity contribution in [2.24, 2.45) is 0 Å². The maximum atomic E-state index is 12.8. The van der Waals surface area contributed by atoms with Gasteiger partial charge in [0.05, 0.1) is 16.5 Å². The molecule has 146 valence electrons. The highest BCUT2D eigenvalue weighted by atomic mass is 32.2. The molecule has 7 nitrogen and oxygen atoms in total. The zero-order valence-electron chi connectivity index (χ0n) is 15.7. The van der Waals surface area contributed by atoms with Crippen LogP contribution in [-0.2, 0) is 35.5 Å². The summed E-state index contributed by atoms with van der Waals surface area (Å²) in [5.74, 6) is 0.256. The highest BCUT2D eigenvalue weighted by Crippen LogP contribution is 2.39. The van der Waals surface area contributed by atoms with Crippen molar-refractivity contribution in [1.29, 1.82) is 5.26 Å². The van der Waals surface area contributed by atoms with E-state index in [4.69, 9.17) is 5.26 Å². The van der Waals surface area contributed by atoms with Crippen LogP contribution < -0.4 is 5.32 Å². The third-order valence-electron chi connectivity index (χ3n) is 5.72. The maximum Gasteiger partial charge on any atom is 0.249 e. The van der Waals surface area contributed by atoms with E-state index in [2.05, 4.69) is 26.6 Å². The summed E-state index contributed by atoms with van der Waals surface area (Å²) >= 11 is 0. The van der Waals surface area contributed by atoms with E-state index in [9.17, 15) is 8.42 Å². The molecule has 2 aliphatic carbocycles. The van der Waals surface area contributed by atoms with Crippen LogP contribution in [0.15, 0.2) is 40.4 Å². The highest BCUT2D eigenvalue weighted by Gasteiger charge is 2.26. The molecule has 0 atom stereocenters. The number of nitriles is 1. The highest BCUT2D eigenvalue weighted by molar-refractivity contribution is 7.91. The van der Waals surface area contributed by atoms with E-state index < -0.39 is 9.84 Å². The first kappa shape index (κ1) is 17.9. The second-order valence-corrected chi connectivity index (χ2v) is 9.33. The number of nitrogens with zero attached hydrogens (tertiary/aromatic N) is 3. The number of sulfone groups is 1. The Bertz CT molecular complexity index is 1220. The lowest BCUT2D eigenvalue weighted by molar-refractivity contribution is 0.588. The van der Waals surface area contributed by atoms with Crippen LogP contribution >= 0.6 is 0 Å². The van der Waals surface area contributed by atoms with Crippen molar-refractivity contribution in [1.82, 2.24) is 15.2 Å². The predicted octanol–water partition coefficient (Wildman–Crippen LogP) is 3.23. The molecule has 29 heavy (non-hydrogen) atoms. The largest absolute Gasteiger partial charge is 0.322 e. The fourth-order valence-electron chi connectivity index (χ4n) is 4.32. The molecule has 0 amide bonds. The van der Waals surface area contributed by atoms with Crippen LogP contribution in [0.5, 0.6) is 0 Å². The number of benzene rings is 2. The fraction of sp³-hybridized carbons (Fsp3) is 0.286. The fourth-order valence-corrected chi connectivity index (χ4v) is 5.41. The number of hydrogen-bond donors (Lipinski definition) is 2. The summed E-state index contributed by atoms with van der Waals surface area (Å²) in [6.07, 6.45) is 6.49. The van der Waals surface area contributed by atoms with Gasteiger partial charge in [0.1, 0.15) is 0 Å². The Hall–Kier alpha value is -3.18. The average Bonchev–Trinajstić information content (AvgIpc) is 3.48. The molecule has 3 aromatic rings. The van der Waals surface area contributed by atoms with E-state index in [0.29, 0.717) is 5.56 Å². The van der Waals surface area contributed by atoms with Gasteiger partial charge in [-0.1, -0.05) is 6.07 Å². The van der Waals surface area contributed by atoms with E-state index in [1.54, 1.807) is 0 Å². The standard InChI is InChI=1S/C21H19N5O2S/c22-12-13-7-9-16(10-8-13)29(27,28)21-24-20(25-26-21)23-19-17-5-1-3-14(17)11-15-4-2-6-18(15)19/h7-11H,1-6H2,(H2,23,24,25,26). The van der Waals surface area contributed by atoms with Gasteiger partial charge in [0, 0.05) is 5.69 Å². The Kier molecular flexibility index (Phi) is 4.14. The summed E-state index contributed by atoms with van der Waals surface area (Å²) < 4.78 is 25.7. The second-order valence-electron chi connectivity index (χ2n) is 7.46. The zero-order valence-corrected chi connectivity index (χ0v) is 16.5. The monoisotopic (exact) mass is 405 g/mol. The average molecular weight is 405 g/mol. The minimum atomic E-state index is -3.84. The van der Waals surface area contributed by atoms with Crippen molar-refractivity contribution in [2.75, 3.05) is 5.32 Å². The summed E-state index contributed by atoms with van der Waals surface area (Å²) in [6, 6.07) is 10.1. The summed E-state index contributed by atoms with van der Waals surface area (Å²) in [6.45, 7) is 0.